The number of benzene rings is 1. The van der Waals surface area contributed by atoms with Crippen molar-refractivity contribution in [3.8, 4) is 0 Å². The Kier molecular flexibility index (Phi) is 4.65. The third-order valence-corrected chi connectivity index (χ3v) is 5.16. The number of sulfonamides is 1. The number of halogens is 3. The average molecular weight is 335 g/mol. The highest BCUT2D eigenvalue weighted by Crippen LogP contribution is 2.31. The van der Waals surface area contributed by atoms with Crippen LogP contribution in [-0.2, 0) is 16.2 Å². The Bertz CT molecular complexity index is 683. The molecule has 22 heavy (non-hydrogen) atoms. The molecule has 1 aromatic rings. The number of aryl methyl sites for hydroxylation is 1. The molecule has 122 valence electrons. The van der Waals surface area contributed by atoms with Crippen molar-refractivity contribution < 1.29 is 26.7 Å². The number of alkyl halides is 3. The van der Waals surface area contributed by atoms with Gasteiger partial charge in [-0.05, 0) is 37.1 Å². The first-order valence-corrected chi connectivity index (χ1v) is 8.11. The number of aliphatic hydroxyl groups is 1. The van der Waals surface area contributed by atoms with E-state index in [1.807, 2.05) is 0 Å². The van der Waals surface area contributed by atoms with Crippen LogP contribution in [0, 0.1) is 12.8 Å². The minimum Gasteiger partial charge on any atom is -0.396 e. The van der Waals surface area contributed by atoms with Gasteiger partial charge in [0.2, 0.25) is 10.0 Å². The molecular weight excluding hydrogens is 319 g/mol. The first-order chi connectivity index (χ1) is 10.1. The van der Waals surface area contributed by atoms with E-state index in [1.165, 1.54) is 6.92 Å². The smallest absolute Gasteiger partial charge is 0.396 e. The van der Waals surface area contributed by atoms with Gasteiger partial charge in [0.1, 0.15) is 0 Å². The Hall–Kier alpha value is -1.38. The molecule has 0 aliphatic heterocycles. The van der Waals surface area contributed by atoms with Gasteiger partial charge in [0.25, 0.3) is 0 Å². The third kappa shape index (κ3) is 3.68. The maximum absolute atomic E-state index is 12.6. The van der Waals surface area contributed by atoms with E-state index in [1.54, 1.807) is 12.2 Å². The van der Waals surface area contributed by atoms with Crippen molar-refractivity contribution in [1.82, 2.24) is 4.72 Å². The lowest BCUT2D eigenvalue weighted by Crippen LogP contribution is -2.33. The van der Waals surface area contributed by atoms with Crippen molar-refractivity contribution in [1.29, 1.82) is 0 Å². The Morgan fingerprint density at radius 3 is 2.50 bits per heavy atom. The molecular formula is C14H16F3NO3S. The highest BCUT2D eigenvalue weighted by atomic mass is 32.2. The van der Waals surface area contributed by atoms with Crippen molar-refractivity contribution in [2.75, 3.05) is 6.61 Å². The van der Waals surface area contributed by atoms with Gasteiger partial charge in [-0.25, -0.2) is 13.1 Å². The second-order valence-corrected chi connectivity index (χ2v) is 6.95. The Labute approximate surface area is 126 Å². The van der Waals surface area contributed by atoms with E-state index in [-0.39, 0.29) is 23.0 Å². The Morgan fingerprint density at radius 2 is 2.00 bits per heavy atom. The van der Waals surface area contributed by atoms with Gasteiger partial charge < -0.3 is 5.11 Å². The van der Waals surface area contributed by atoms with Crippen molar-refractivity contribution in [3.05, 3.63) is 41.5 Å². The minimum absolute atomic E-state index is 0.0306. The lowest BCUT2D eigenvalue weighted by molar-refractivity contribution is -0.137. The van der Waals surface area contributed by atoms with Crippen LogP contribution in [0.5, 0.6) is 0 Å². The lowest BCUT2D eigenvalue weighted by Gasteiger charge is -2.15. The molecule has 0 fully saturated rings. The normalized spacial score (nSPS) is 22.2. The molecule has 8 heteroatoms. The van der Waals surface area contributed by atoms with Gasteiger partial charge in [-0.15, -0.1) is 0 Å². The molecule has 2 rings (SSSR count). The van der Waals surface area contributed by atoms with Crippen molar-refractivity contribution in [2.24, 2.45) is 5.92 Å². The predicted octanol–water partition coefficient (Wildman–Crippen LogP) is 2.23. The molecule has 0 heterocycles. The van der Waals surface area contributed by atoms with E-state index >= 15 is 0 Å². The zero-order chi connectivity index (χ0) is 16.5. The lowest BCUT2D eigenvalue weighted by atomic mass is 10.1. The van der Waals surface area contributed by atoms with Crippen LogP contribution in [0.2, 0.25) is 0 Å². The first kappa shape index (κ1) is 17.0. The average Bonchev–Trinajstić information content (AvgIpc) is 2.84. The van der Waals surface area contributed by atoms with Gasteiger partial charge in [0, 0.05) is 18.6 Å². The van der Waals surface area contributed by atoms with E-state index in [9.17, 15) is 21.6 Å². The summed E-state index contributed by atoms with van der Waals surface area (Å²) in [6.45, 7) is 1.25. The molecule has 2 N–H and O–H groups in total. The number of aliphatic hydroxyl groups excluding tert-OH is 1. The highest BCUT2D eigenvalue weighted by molar-refractivity contribution is 7.89. The molecule has 0 unspecified atom stereocenters. The van der Waals surface area contributed by atoms with Gasteiger partial charge in [0.15, 0.2) is 0 Å². The van der Waals surface area contributed by atoms with Crippen LogP contribution in [-0.4, -0.2) is 26.2 Å². The maximum atomic E-state index is 12.6. The fourth-order valence-electron chi connectivity index (χ4n) is 2.39. The molecule has 0 saturated carbocycles. The van der Waals surface area contributed by atoms with E-state index in [0.717, 1.165) is 18.2 Å². The predicted molar refractivity (Wildman–Crippen MR) is 74.6 cm³/mol. The van der Waals surface area contributed by atoms with Crippen LogP contribution < -0.4 is 4.72 Å². The zero-order valence-electron chi connectivity index (χ0n) is 11.8. The van der Waals surface area contributed by atoms with Crippen LogP contribution in [0.25, 0.3) is 0 Å². The number of rotatable bonds is 4. The zero-order valence-corrected chi connectivity index (χ0v) is 12.6. The monoisotopic (exact) mass is 335 g/mol. The molecule has 0 amide bonds. The van der Waals surface area contributed by atoms with Crippen LogP contribution >= 0.6 is 0 Å². The summed E-state index contributed by atoms with van der Waals surface area (Å²) in [5, 5.41) is 9.02. The van der Waals surface area contributed by atoms with Crippen molar-refractivity contribution in [2.45, 2.75) is 30.5 Å². The Morgan fingerprint density at radius 1 is 1.32 bits per heavy atom. The summed E-state index contributed by atoms with van der Waals surface area (Å²) < 4.78 is 64.8. The van der Waals surface area contributed by atoms with Crippen LogP contribution in [0.4, 0.5) is 13.2 Å². The maximum Gasteiger partial charge on any atom is 0.416 e. The second-order valence-electron chi connectivity index (χ2n) is 5.27. The van der Waals surface area contributed by atoms with Gasteiger partial charge in [-0.3, -0.25) is 0 Å². The van der Waals surface area contributed by atoms with E-state index in [2.05, 4.69) is 4.72 Å². The van der Waals surface area contributed by atoms with E-state index in [0.29, 0.717) is 6.42 Å². The fraction of sp³-hybridized carbons (Fsp3) is 0.429. The quantitative estimate of drug-likeness (QED) is 0.829. The summed E-state index contributed by atoms with van der Waals surface area (Å²) in [7, 11) is -3.92. The van der Waals surface area contributed by atoms with Gasteiger partial charge in [-0.2, -0.15) is 13.2 Å². The van der Waals surface area contributed by atoms with Gasteiger partial charge in [0.05, 0.1) is 10.5 Å². The fourth-order valence-corrected chi connectivity index (χ4v) is 3.82. The summed E-state index contributed by atoms with van der Waals surface area (Å²) in [5.74, 6) is -0.110. The number of hydrogen-bond acceptors (Lipinski definition) is 3. The topological polar surface area (TPSA) is 66.4 Å². The molecule has 0 saturated heterocycles. The molecule has 1 aliphatic rings. The van der Waals surface area contributed by atoms with Crippen LogP contribution in [0.3, 0.4) is 0 Å². The molecule has 0 spiro atoms. The summed E-state index contributed by atoms with van der Waals surface area (Å²) in [4.78, 5) is -0.179. The highest BCUT2D eigenvalue weighted by Gasteiger charge is 2.32. The molecule has 2 atom stereocenters. The van der Waals surface area contributed by atoms with Gasteiger partial charge >= 0.3 is 6.18 Å². The Balaban J connectivity index is 2.22. The van der Waals surface area contributed by atoms with E-state index < -0.39 is 27.8 Å². The molecule has 1 aromatic carbocycles. The first-order valence-electron chi connectivity index (χ1n) is 6.63. The molecule has 0 bridgehead atoms. The summed E-state index contributed by atoms with van der Waals surface area (Å²) in [6.07, 6.45) is -0.733. The molecule has 0 aromatic heterocycles. The molecule has 4 nitrogen and oxygen atoms in total. The van der Waals surface area contributed by atoms with Crippen LogP contribution in [0.1, 0.15) is 17.5 Å². The summed E-state index contributed by atoms with van der Waals surface area (Å²) in [6, 6.07) is 2.06. The summed E-state index contributed by atoms with van der Waals surface area (Å²) >= 11 is 0. The van der Waals surface area contributed by atoms with Crippen molar-refractivity contribution >= 4 is 10.0 Å². The van der Waals surface area contributed by atoms with Crippen LogP contribution in [0.15, 0.2) is 35.2 Å². The number of hydrogen-bond donors (Lipinski definition) is 2. The van der Waals surface area contributed by atoms with Gasteiger partial charge in [-0.1, -0.05) is 12.2 Å². The standard InChI is InChI=1S/C14H16F3NO3S/c1-9-6-11(14(15,16)17)3-5-13(9)22(20,21)18-12-4-2-10(7-12)8-19/h2-6,10,12,18-19H,7-8H2,1H3/t10-,12+/m0/s1. The van der Waals surface area contributed by atoms with E-state index in [4.69, 9.17) is 5.11 Å². The van der Waals surface area contributed by atoms with Crippen molar-refractivity contribution in [3.63, 3.8) is 0 Å². The largest absolute Gasteiger partial charge is 0.416 e. The third-order valence-electron chi connectivity index (χ3n) is 3.51. The second kappa shape index (κ2) is 6.02. The number of nitrogens with one attached hydrogen (secondary N) is 1. The minimum atomic E-state index is -4.51. The summed E-state index contributed by atoms with van der Waals surface area (Å²) in [5.41, 5.74) is -0.854. The molecule has 1 aliphatic carbocycles. The molecule has 0 radical (unpaired) electrons. The SMILES string of the molecule is Cc1cc(C(F)(F)F)ccc1S(=O)(=O)N[C@@H]1C=C[C@H](CO)C1.